The highest BCUT2D eigenvalue weighted by Crippen LogP contribution is 2.34. The van der Waals surface area contributed by atoms with E-state index in [0.717, 1.165) is 84.5 Å². The summed E-state index contributed by atoms with van der Waals surface area (Å²) in [7, 11) is 0. The van der Waals surface area contributed by atoms with Gasteiger partial charge in [0, 0.05) is 30.1 Å². The lowest BCUT2D eigenvalue weighted by atomic mass is 9.89. The first kappa shape index (κ1) is 28.4. The summed E-state index contributed by atoms with van der Waals surface area (Å²) in [6, 6.07) is 12.3. The zero-order valence-corrected chi connectivity index (χ0v) is 21.7. The molecule has 36 heavy (non-hydrogen) atoms. The Hall–Kier alpha value is -2.19. The molecule has 2 aromatic carbocycles. The van der Waals surface area contributed by atoms with E-state index in [4.69, 9.17) is 10.5 Å². The van der Waals surface area contributed by atoms with Crippen LogP contribution in [0.25, 0.3) is 11.1 Å². The number of halogens is 3. The number of hydrogen-bond acceptors (Lipinski definition) is 4. The SMILES string of the molecule is NC(=O)Cc1c(CCCCCCCCCC(F)(F)F)cc(N2CCOCC2)cc1-c1cccc(S)c1. The molecule has 1 aliphatic heterocycles. The molecule has 198 valence electrons. The van der Waals surface area contributed by atoms with Gasteiger partial charge in [0.25, 0.3) is 0 Å². The normalized spacial score (nSPS) is 14.3. The van der Waals surface area contributed by atoms with Crippen molar-refractivity contribution in [3.05, 3.63) is 47.5 Å². The number of thiol groups is 1. The van der Waals surface area contributed by atoms with E-state index in [2.05, 4.69) is 29.7 Å². The number of morpholine rings is 1. The number of aryl methyl sites for hydroxylation is 1. The van der Waals surface area contributed by atoms with Crippen LogP contribution in [0.4, 0.5) is 18.9 Å². The summed E-state index contributed by atoms with van der Waals surface area (Å²) in [5, 5.41) is 0. The summed E-state index contributed by atoms with van der Waals surface area (Å²) < 4.78 is 42.3. The van der Waals surface area contributed by atoms with E-state index in [1.54, 1.807) is 0 Å². The Morgan fingerprint density at radius 1 is 0.972 bits per heavy atom. The predicted octanol–water partition coefficient (Wildman–Crippen LogP) is 6.73. The van der Waals surface area contributed by atoms with Crippen LogP contribution in [0.1, 0.15) is 62.5 Å². The molecule has 0 spiro atoms. The van der Waals surface area contributed by atoms with Crippen LogP contribution >= 0.6 is 12.6 Å². The van der Waals surface area contributed by atoms with Crippen molar-refractivity contribution in [1.82, 2.24) is 0 Å². The number of benzene rings is 2. The van der Waals surface area contributed by atoms with Gasteiger partial charge < -0.3 is 15.4 Å². The summed E-state index contributed by atoms with van der Waals surface area (Å²) in [6.45, 7) is 3.00. The minimum atomic E-state index is -4.05. The van der Waals surface area contributed by atoms with Crippen LogP contribution in [0.15, 0.2) is 41.3 Å². The number of rotatable bonds is 13. The summed E-state index contributed by atoms with van der Waals surface area (Å²) in [4.78, 5) is 15.2. The quantitative estimate of drug-likeness (QED) is 0.226. The highest BCUT2D eigenvalue weighted by Gasteiger charge is 2.25. The van der Waals surface area contributed by atoms with Gasteiger partial charge in [-0.1, -0.05) is 44.2 Å². The fraction of sp³-hybridized carbons (Fsp3) is 0.536. The molecule has 3 rings (SSSR count). The lowest BCUT2D eigenvalue weighted by Crippen LogP contribution is -2.36. The average molecular weight is 523 g/mol. The molecule has 0 atom stereocenters. The molecule has 1 fully saturated rings. The first-order valence-corrected chi connectivity index (χ1v) is 13.3. The number of alkyl halides is 3. The molecule has 1 saturated heterocycles. The van der Waals surface area contributed by atoms with Crippen LogP contribution in [0.5, 0.6) is 0 Å². The average Bonchev–Trinajstić information content (AvgIpc) is 2.83. The Labute approximate surface area is 217 Å². The number of carbonyl (C=O) groups is 1. The molecule has 0 unspecified atom stereocenters. The van der Waals surface area contributed by atoms with E-state index in [1.165, 1.54) is 0 Å². The largest absolute Gasteiger partial charge is 0.389 e. The molecule has 4 nitrogen and oxygen atoms in total. The first-order valence-electron chi connectivity index (χ1n) is 12.9. The molecule has 0 bridgehead atoms. The second-order valence-electron chi connectivity index (χ2n) is 9.51. The number of carbonyl (C=O) groups excluding carboxylic acids is 1. The summed E-state index contributed by atoms with van der Waals surface area (Å²) >= 11 is 4.51. The van der Waals surface area contributed by atoms with Crippen molar-refractivity contribution in [3.63, 3.8) is 0 Å². The molecule has 0 aromatic heterocycles. The maximum Gasteiger partial charge on any atom is 0.389 e. The van der Waals surface area contributed by atoms with Gasteiger partial charge in [-0.25, -0.2) is 0 Å². The smallest absolute Gasteiger partial charge is 0.378 e. The van der Waals surface area contributed by atoms with Gasteiger partial charge in [0.1, 0.15) is 0 Å². The van der Waals surface area contributed by atoms with Crippen LogP contribution in [-0.4, -0.2) is 38.4 Å². The molecule has 1 amide bonds. The lowest BCUT2D eigenvalue weighted by molar-refractivity contribution is -0.135. The van der Waals surface area contributed by atoms with E-state index in [-0.39, 0.29) is 18.7 Å². The number of primary amides is 1. The Kier molecular flexibility index (Phi) is 11.0. The molecular weight excluding hydrogens is 485 g/mol. The van der Waals surface area contributed by atoms with Gasteiger partial charge in [-0.2, -0.15) is 13.2 Å². The third-order valence-electron chi connectivity index (χ3n) is 6.62. The first-order chi connectivity index (χ1) is 17.2. The zero-order chi connectivity index (χ0) is 26.0. The van der Waals surface area contributed by atoms with Crippen molar-refractivity contribution in [3.8, 4) is 11.1 Å². The van der Waals surface area contributed by atoms with E-state index in [1.807, 2.05) is 24.3 Å². The predicted molar refractivity (Wildman–Crippen MR) is 142 cm³/mol. The number of amides is 1. The van der Waals surface area contributed by atoms with Crippen LogP contribution in [-0.2, 0) is 22.4 Å². The van der Waals surface area contributed by atoms with Crippen molar-refractivity contribution >= 4 is 24.2 Å². The molecule has 0 radical (unpaired) electrons. The number of ether oxygens (including phenoxy) is 1. The highest BCUT2D eigenvalue weighted by molar-refractivity contribution is 7.80. The minimum Gasteiger partial charge on any atom is -0.378 e. The van der Waals surface area contributed by atoms with Crippen LogP contribution < -0.4 is 10.6 Å². The Bertz CT molecular complexity index is 991. The second kappa shape index (κ2) is 13.9. The molecule has 8 heteroatoms. The Balaban J connectivity index is 1.71. The van der Waals surface area contributed by atoms with Crippen molar-refractivity contribution in [1.29, 1.82) is 0 Å². The van der Waals surface area contributed by atoms with Crippen molar-refractivity contribution in [2.45, 2.75) is 75.3 Å². The van der Waals surface area contributed by atoms with Gasteiger partial charge in [0.05, 0.1) is 19.6 Å². The number of nitrogens with two attached hydrogens (primary N) is 1. The number of nitrogens with zero attached hydrogens (tertiary/aromatic N) is 1. The molecule has 0 saturated carbocycles. The maximum absolute atomic E-state index is 12.3. The van der Waals surface area contributed by atoms with E-state index < -0.39 is 12.6 Å². The summed E-state index contributed by atoms with van der Waals surface area (Å²) in [5.41, 5.74) is 10.9. The third kappa shape index (κ3) is 9.36. The van der Waals surface area contributed by atoms with Crippen molar-refractivity contribution < 1.29 is 22.7 Å². The fourth-order valence-corrected chi connectivity index (χ4v) is 5.01. The van der Waals surface area contributed by atoms with Crippen LogP contribution in [0, 0.1) is 0 Å². The molecule has 2 N–H and O–H groups in total. The topological polar surface area (TPSA) is 55.6 Å². The molecule has 2 aromatic rings. The van der Waals surface area contributed by atoms with Gasteiger partial charge >= 0.3 is 6.18 Å². The number of hydrogen-bond donors (Lipinski definition) is 2. The van der Waals surface area contributed by atoms with Crippen molar-refractivity contribution in [2.24, 2.45) is 5.73 Å². The summed E-state index contributed by atoms with van der Waals surface area (Å²) in [5.74, 6) is -0.363. The van der Waals surface area contributed by atoms with Crippen LogP contribution in [0.2, 0.25) is 0 Å². The Morgan fingerprint density at radius 2 is 1.64 bits per heavy atom. The van der Waals surface area contributed by atoms with Crippen LogP contribution in [0.3, 0.4) is 0 Å². The zero-order valence-electron chi connectivity index (χ0n) is 20.8. The molecular formula is C28H37F3N2O2S. The molecule has 1 heterocycles. The standard InChI is InChI=1S/C28H37F3N2O2S/c29-28(30,31)12-7-5-3-1-2-4-6-9-21-17-23(33-13-15-35-16-14-33)19-25(26(21)20-27(32)34)22-10-8-11-24(36)18-22/h8,10-11,17-19,36H,1-7,9,12-16,20H2,(H2,32,34). The second-order valence-corrected chi connectivity index (χ2v) is 10.0. The Morgan fingerprint density at radius 3 is 2.28 bits per heavy atom. The van der Waals surface area contributed by atoms with Gasteiger partial charge in [-0.3, -0.25) is 4.79 Å². The lowest BCUT2D eigenvalue weighted by Gasteiger charge is -2.30. The number of anilines is 1. The molecule has 1 aliphatic rings. The van der Waals surface area contributed by atoms with Crippen molar-refractivity contribution in [2.75, 3.05) is 31.2 Å². The number of unbranched alkanes of at least 4 members (excludes halogenated alkanes) is 6. The minimum absolute atomic E-state index is 0.171. The maximum atomic E-state index is 12.3. The highest BCUT2D eigenvalue weighted by atomic mass is 32.1. The van der Waals surface area contributed by atoms with E-state index in [0.29, 0.717) is 19.6 Å². The van der Waals surface area contributed by atoms with Gasteiger partial charge in [-0.15, -0.1) is 12.6 Å². The van der Waals surface area contributed by atoms with Gasteiger partial charge in [0.2, 0.25) is 5.91 Å². The van der Waals surface area contributed by atoms with E-state index >= 15 is 0 Å². The monoisotopic (exact) mass is 522 g/mol. The van der Waals surface area contributed by atoms with Gasteiger partial charge in [-0.05, 0) is 65.8 Å². The molecule has 0 aliphatic carbocycles. The van der Waals surface area contributed by atoms with E-state index in [9.17, 15) is 18.0 Å². The fourth-order valence-electron chi connectivity index (χ4n) is 4.78. The summed E-state index contributed by atoms with van der Waals surface area (Å²) in [6.07, 6.45) is 1.81. The van der Waals surface area contributed by atoms with Gasteiger partial charge in [0.15, 0.2) is 0 Å². The third-order valence-corrected chi connectivity index (χ3v) is 6.90.